The van der Waals surface area contributed by atoms with Gasteiger partial charge in [-0.25, -0.2) is 0 Å². The highest BCUT2D eigenvalue weighted by Crippen LogP contribution is 2.17. The number of hydrogen-bond acceptors (Lipinski definition) is 5. The Kier molecular flexibility index (Phi) is 8.75. The molecule has 0 radical (unpaired) electrons. The summed E-state index contributed by atoms with van der Waals surface area (Å²) >= 11 is 0. The second-order valence-corrected chi connectivity index (χ2v) is 6.95. The number of Topliss-reactive ketones (excluding diaryl/α,β-unsaturated/α-hetero) is 1. The monoisotopic (exact) mass is 410 g/mol. The van der Waals surface area contributed by atoms with Crippen LogP contribution in [0.25, 0.3) is 0 Å². The Morgan fingerprint density at radius 1 is 0.867 bits per heavy atom. The van der Waals surface area contributed by atoms with Gasteiger partial charge in [-0.2, -0.15) is 0 Å². The van der Waals surface area contributed by atoms with Crippen LogP contribution in [0.3, 0.4) is 0 Å². The average Bonchev–Trinajstić information content (AvgIpc) is 2.72. The molecule has 0 aliphatic heterocycles. The van der Waals surface area contributed by atoms with Crippen LogP contribution in [0, 0.1) is 0 Å². The molecule has 2 atom stereocenters. The van der Waals surface area contributed by atoms with Crippen LogP contribution in [-0.4, -0.2) is 36.2 Å². The molecule has 7 nitrogen and oxygen atoms in total. The number of carbonyl (C=O) groups is 4. The second kappa shape index (κ2) is 11.5. The molecule has 0 spiro atoms. The van der Waals surface area contributed by atoms with Crippen molar-refractivity contribution in [3.05, 3.63) is 71.8 Å². The van der Waals surface area contributed by atoms with Gasteiger partial charge in [0.25, 0.3) is 5.91 Å². The van der Waals surface area contributed by atoms with E-state index in [2.05, 4.69) is 10.6 Å². The van der Waals surface area contributed by atoms with Crippen molar-refractivity contribution >= 4 is 23.6 Å². The van der Waals surface area contributed by atoms with Crippen LogP contribution in [0.4, 0.5) is 0 Å². The van der Waals surface area contributed by atoms with Gasteiger partial charge in [0.2, 0.25) is 5.91 Å². The summed E-state index contributed by atoms with van der Waals surface area (Å²) in [6.07, 6.45) is 0.242. The fraction of sp³-hybridized carbons (Fsp3) is 0.304. The minimum absolute atomic E-state index is 0.114. The highest BCUT2D eigenvalue weighted by molar-refractivity contribution is 5.89. The fourth-order valence-corrected chi connectivity index (χ4v) is 2.94. The Labute approximate surface area is 175 Å². The van der Waals surface area contributed by atoms with Gasteiger partial charge in [0.15, 0.2) is 12.4 Å². The Balaban J connectivity index is 1.88. The molecule has 0 unspecified atom stereocenters. The zero-order valence-corrected chi connectivity index (χ0v) is 17.1. The van der Waals surface area contributed by atoms with Gasteiger partial charge in [0.05, 0.1) is 18.5 Å². The highest BCUT2D eigenvalue weighted by Gasteiger charge is 2.21. The number of carbonyl (C=O) groups excluding carboxylic acids is 4. The largest absolute Gasteiger partial charge is 0.456 e. The average molecular weight is 410 g/mol. The molecule has 0 bridgehead atoms. The van der Waals surface area contributed by atoms with Gasteiger partial charge in [-0.05, 0) is 24.5 Å². The van der Waals surface area contributed by atoms with E-state index in [0.29, 0.717) is 6.42 Å². The van der Waals surface area contributed by atoms with Crippen LogP contribution < -0.4 is 10.6 Å². The normalized spacial score (nSPS) is 12.3. The third-order valence-electron chi connectivity index (χ3n) is 4.42. The van der Waals surface area contributed by atoms with Crippen molar-refractivity contribution in [2.24, 2.45) is 0 Å². The third-order valence-corrected chi connectivity index (χ3v) is 4.42. The fourth-order valence-electron chi connectivity index (χ4n) is 2.94. The maximum atomic E-state index is 12.2. The molecular formula is C23H26N2O5. The molecule has 0 aliphatic carbocycles. The third kappa shape index (κ3) is 7.87. The van der Waals surface area contributed by atoms with Crippen LogP contribution in [0.15, 0.2) is 60.7 Å². The molecule has 2 aromatic carbocycles. The molecule has 7 heteroatoms. The maximum absolute atomic E-state index is 12.2. The maximum Gasteiger partial charge on any atom is 0.308 e. The molecule has 0 aromatic heterocycles. The standard InChI is InChI=1S/C23H26N2O5/c1-16(26)20(13-18-9-5-3-6-10-18)25-22(28)15-30-23(29)14-21(24-17(2)27)19-11-7-4-8-12-19/h3-12,20-21H,13-15H2,1-2H3,(H,24,27)(H,25,28)/t20-,21+/m0/s1. The molecule has 0 saturated carbocycles. The van der Waals surface area contributed by atoms with Crippen LogP contribution >= 0.6 is 0 Å². The van der Waals surface area contributed by atoms with E-state index in [1.54, 1.807) is 24.3 Å². The summed E-state index contributed by atoms with van der Waals surface area (Å²) in [5.41, 5.74) is 1.67. The second-order valence-electron chi connectivity index (χ2n) is 6.95. The number of rotatable bonds is 10. The summed E-state index contributed by atoms with van der Waals surface area (Å²) in [5, 5.41) is 5.31. The summed E-state index contributed by atoms with van der Waals surface area (Å²) in [4.78, 5) is 47.7. The van der Waals surface area contributed by atoms with Crippen molar-refractivity contribution in [3.63, 3.8) is 0 Å². The summed E-state index contributed by atoms with van der Waals surface area (Å²) in [6, 6.07) is 17.1. The number of ether oxygens (including phenoxy) is 1. The Bertz CT molecular complexity index is 868. The Hall–Kier alpha value is -3.48. The van der Waals surface area contributed by atoms with E-state index in [4.69, 9.17) is 4.74 Å². The lowest BCUT2D eigenvalue weighted by Gasteiger charge is -2.18. The lowest BCUT2D eigenvalue weighted by atomic mass is 10.0. The minimum Gasteiger partial charge on any atom is -0.456 e. The van der Waals surface area contributed by atoms with E-state index in [9.17, 15) is 19.2 Å². The SMILES string of the molecule is CC(=O)N[C@H](CC(=O)OCC(=O)N[C@@H](Cc1ccccc1)C(C)=O)c1ccccc1. The molecule has 0 saturated heterocycles. The zero-order valence-electron chi connectivity index (χ0n) is 17.1. The van der Waals surface area contributed by atoms with Crippen LogP contribution in [-0.2, 0) is 30.3 Å². The predicted octanol–water partition coefficient (Wildman–Crippen LogP) is 2.11. The highest BCUT2D eigenvalue weighted by atomic mass is 16.5. The first-order chi connectivity index (χ1) is 14.3. The van der Waals surface area contributed by atoms with Gasteiger partial charge in [-0.15, -0.1) is 0 Å². The first kappa shape index (κ1) is 22.8. The molecule has 158 valence electrons. The summed E-state index contributed by atoms with van der Waals surface area (Å²) < 4.78 is 5.05. The van der Waals surface area contributed by atoms with E-state index >= 15 is 0 Å². The Morgan fingerprint density at radius 3 is 2.03 bits per heavy atom. The molecule has 2 aromatic rings. The summed E-state index contributed by atoms with van der Waals surface area (Å²) in [7, 11) is 0. The molecule has 2 rings (SSSR count). The van der Waals surface area contributed by atoms with Crippen molar-refractivity contribution in [1.82, 2.24) is 10.6 Å². The quantitative estimate of drug-likeness (QED) is 0.584. The van der Waals surface area contributed by atoms with Gasteiger partial charge in [-0.3, -0.25) is 19.2 Å². The van der Waals surface area contributed by atoms with Gasteiger partial charge in [0.1, 0.15) is 0 Å². The first-order valence-electron chi connectivity index (χ1n) is 9.66. The molecule has 2 N–H and O–H groups in total. The van der Waals surface area contributed by atoms with Gasteiger partial charge < -0.3 is 15.4 Å². The van der Waals surface area contributed by atoms with E-state index in [0.717, 1.165) is 11.1 Å². The number of benzene rings is 2. The zero-order chi connectivity index (χ0) is 21.9. The molecule has 0 fully saturated rings. The van der Waals surface area contributed by atoms with E-state index in [1.807, 2.05) is 36.4 Å². The lowest BCUT2D eigenvalue weighted by molar-refractivity contribution is -0.149. The molecule has 0 heterocycles. The van der Waals surface area contributed by atoms with Crippen LogP contribution in [0.5, 0.6) is 0 Å². The van der Waals surface area contributed by atoms with E-state index in [1.165, 1.54) is 13.8 Å². The smallest absolute Gasteiger partial charge is 0.308 e. The van der Waals surface area contributed by atoms with Crippen molar-refractivity contribution in [2.75, 3.05) is 6.61 Å². The van der Waals surface area contributed by atoms with E-state index in [-0.39, 0.29) is 18.1 Å². The van der Waals surface area contributed by atoms with Crippen molar-refractivity contribution in [2.45, 2.75) is 38.8 Å². The van der Waals surface area contributed by atoms with Crippen LogP contribution in [0.1, 0.15) is 37.4 Å². The van der Waals surface area contributed by atoms with Crippen molar-refractivity contribution in [1.29, 1.82) is 0 Å². The number of amides is 2. The summed E-state index contributed by atoms with van der Waals surface area (Å²) in [6.45, 7) is 2.26. The Morgan fingerprint density at radius 2 is 1.47 bits per heavy atom. The van der Waals surface area contributed by atoms with Crippen LogP contribution in [0.2, 0.25) is 0 Å². The molecular weight excluding hydrogens is 384 g/mol. The number of nitrogens with one attached hydrogen (secondary N) is 2. The predicted molar refractivity (Wildman–Crippen MR) is 111 cm³/mol. The van der Waals surface area contributed by atoms with Gasteiger partial charge >= 0.3 is 5.97 Å². The van der Waals surface area contributed by atoms with E-state index < -0.39 is 30.6 Å². The summed E-state index contributed by atoms with van der Waals surface area (Å²) in [5.74, 6) is -1.65. The number of hydrogen-bond donors (Lipinski definition) is 2. The molecule has 0 aliphatic rings. The first-order valence-corrected chi connectivity index (χ1v) is 9.66. The number of esters is 1. The lowest BCUT2D eigenvalue weighted by Crippen LogP contribution is -2.43. The minimum atomic E-state index is -0.699. The van der Waals surface area contributed by atoms with Gasteiger partial charge in [-0.1, -0.05) is 60.7 Å². The molecule has 2 amide bonds. The van der Waals surface area contributed by atoms with Crippen molar-refractivity contribution in [3.8, 4) is 0 Å². The topological polar surface area (TPSA) is 102 Å². The van der Waals surface area contributed by atoms with Crippen molar-refractivity contribution < 1.29 is 23.9 Å². The molecule has 30 heavy (non-hydrogen) atoms. The number of ketones is 1. The van der Waals surface area contributed by atoms with Gasteiger partial charge in [0, 0.05) is 6.92 Å².